The first-order valence-corrected chi connectivity index (χ1v) is 12.9. The fourth-order valence-corrected chi connectivity index (χ4v) is 8.69. The van der Waals surface area contributed by atoms with Crippen LogP contribution in [0.5, 0.6) is 0 Å². The molecule has 0 spiro atoms. The number of likely N-dealkylation sites (tertiary alicyclic amines) is 1. The largest absolute Gasteiger partial charge is 0.365 e. The molecule has 4 aliphatic carbocycles. The topological polar surface area (TPSA) is 29.3 Å². The molecule has 5 aliphatic rings. The van der Waals surface area contributed by atoms with Crippen LogP contribution in [0.15, 0.2) is 30.3 Å². The van der Waals surface area contributed by atoms with Crippen LogP contribution >= 0.6 is 12.2 Å². The van der Waals surface area contributed by atoms with Gasteiger partial charge in [0.25, 0.3) is 0 Å². The quantitative estimate of drug-likeness (QED) is 0.532. The van der Waals surface area contributed by atoms with Crippen molar-refractivity contribution >= 4 is 17.2 Å². The molecule has 1 heterocycles. The number of nitrogens with zero attached hydrogens (tertiary/aromatic N) is 1. The van der Waals surface area contributed by atoms with Crippen molar-refractivity contribution in [3.8, 4) is 0 Å². The molecule has 1 aromatic rings. The monoisotopic (exact) mass is 460 g/mol. The minimum absolute atomic E-state index is 0.0376. The molecule has 6 rings (SSSR count). The molecule has 4 bridgehead atoms. The summed E-state index contributed by atoms with van der Waals surface area (Å²) in [7, 11) is 0. The zero-order valence-electron chi connectivity index (χ0n) is 19.5. The van der Waals surface area contributed by atoms with E-state index >= 15 is 0 Å². The molecule has 2 N–H and O–H groups in total. The highest BCUT2D eigenvalue weighted by atomic mass is 32.1. The maximum Gasteiger partial charge on any atom is 0.238 e. The number of thiocarbonyl (C=S) groups is 1. The predicted molar refractivity (Wildman–Crippen MR) is 130 cm³/mol. The summed E-state index contributed by atoms with van der Waals surface area (Å²) < 4.78 is 26.2. The highest BCUT2D eigenvalue weighted by Crippen LogP contribution is 2.68. The van der Waals surface area contributed by atoms with Gasteiger partial charge >= 0.3 is 0 Å². The van der Waals surface area contributed by atoms with Gasteiger partial charge in [-0.2, -0.15) is 0 Å². The Kier molecular flexibility index (Phi) is 5.68. The van der Waals surface area contributed by atoms with Gasteiger partial charge in [0.1, 0.15) is 0 Å². The lowest BCUT2D eigenvalue weighted by Gasteiger charge is -2.66. The molecule has 32 heavy (non-hydrogen) atoms. The summed E-state index contributed by atoms with van der Waals surface area (Å²) in [6, 6.07) is 11.2. The van der Waals surface area contributed by atoms with Crippen LogP contribution < -0.4 is 5.73 Å². The molecule has 176 valence electrons. The predicted octanol–water partition coefficient (Wildman–Crippen LogP) is 6.18. The first-order valence-electron chi connectivity index (χ1n) is 12.5. The lowest BCUT2D eigenvalue weighted by molar-refractivity contribution is -0.0905. The molecule has 3 atom stereocenters. The van der Waals surface area contributed by atoms with Crippen LogP contribution in [-0.4, -0.2) is 35.4 Å². The average molecular weight is 461 g/mol. The Bertz CT molecular complexity index is 838. The van der Waals surface area contributed by atoms with Gasteiger partial charge in [0.15, 0.2) is 0 Å². The van der Waals surface area contributed by atoms with Crippen molar-refractivity contribution in [1.29, 1.82) is 0 Å². The van der Waals surface area contributed by atoms with Gasteiger partial charge in [-0.15, -0.1) is 0 Å². The molecule has 0 radical (unpaired) electrons. The summed E-state index contributed by atoms with van der Waals surface area (Å²) in [5, 5.41) is 0. The van der Waals surface area contributed by atoms with E-state index in [9.17, 15) is 8.78 Å². The van der Waals surface area contributed by atoms with E-state index in [-0.39, 0.29) is 28.7 Å². The zero-order valence-corrected chi connectivity index (χ0v) is 20.3. The van der Waals surface area contributed by atoms with Crippen LogP contribution in [0.4, 0.5) is 8.78 Å². The molecule has 2 nitrogen and oxygen atoms in total. The number of piperidine rings is 1. The highest BCUT2D eigenvalue weighted by molar-refractivity contribution is 7.80. The van der Waals surface area contributed by atoms with Crippen LogP contribution in [0.25, 0.3) is 0 Å². The standard InChI is InChI=1S/C27H38F2N2S/c1-25(2)17-31(11-10-22(25)30)24(32)27-14-18-12-26(16-27,20-6-4-3-5-7-20)13-19(15-27)21(18)8-9-23(28)29/h3-7,18-19,21-23H,8-17,30H2,1-2H3/t18?,19?,21?,22-,26?,27?/m0/s1. The third-order valence-electron chi connectivity index (χ3n) is 9.66. The Morgan fingerprint density at radius 1 is 1.12 bits per heavy atom. The summed E-state index contributed by atoms with van der Waals surface area (Å²) in [5.74, 6) is 1.45. The van der Waals surface area contributed by atoms with Gasteiger partial charge in [0, 0.05) is 31.0 Å². The normalized spacial score (nSPS) is 40.1. The lowest BCUT2D eigenvalue weighted by atomic mass is 9.39. The van der Waals surface area contributed by atoms with E-state index in [2.05, 4.69) is 49.1 Å². The van der Waals surface area contributed by atoms with Crippen molar-refractivity contribution in [2.75, 3.05) is 13.1 Å². The molecule has 2 unspecified atom stereocenters. The molecule has 1 aliphatic heterocycles. The van der Waals surface area contributed by atoms with Gasteiger partial charge in [-0.1, -0.05) is 56.4 Å². The second-order valence-corrected chi connectivity index (χ2v) is 12.6. The van der Waals surface area contributed by atoms with E-state index in [1.165, 1.54) is 5.56 Å². The molecule has 5 fully saturated rings. The minimum atomic E-state index is -2.19. The third kappa shape index (κ3) is 3.72. The molecular formula is C27H38F2N2S. The van der Waals surface area contributed by atoms with Crippen LogP contribution in [-0.2, 0) is 5.41 Å². The number of nitrogens with two attached hydrogens (primary N) is 1. The minimum Gasteiger partial charge on any atom is -0.365 e. The number of hydrogen-bond donors (Lipinski definition) is 1. The van der Waals surface area contributed by atoms with Crippen molar-refractivity contribution in [2.24, 2.45) is 34.3 Å². The molecule has 1 aromatic carbocycles. The fourth-order valence-electron chi connectivity index (χ4n) is 8.30. The van der Waals surface area contributed by atoms with Gasteiger partial charge in [-0.05, 0) is 79.1 Å². The Morgan fingerprint density at radius 2 is 1.78 bits per heavy atom. The van der Waals surface area contributed by atoms with E-state index in [4.69, 9.17) is 18.0 Å². The number of benzene rings is 1. The second kappa shape index (κ2) is 8.01. The lowest BCUT2D eigenvalue weighted by Crippen LogP contribution is -2.64. The molecule has 0 amide bonds. The number of alkyl halides is 2. The van der Waals surface area contributed by atoms with Crippen LogP contribution in [0.3, 0.4) is 0 Å². The van der Waals surface area contributed by atoms with Crippen LogP contribution in [0.2, 0.25) is 0 Å². The third-order valence-corrected chi connectivity index (χ3v) is 10.3. The van der Waals surface area contributed by atoms with Crippen molar-refractivity contribution in [3.05, 3.63) is 35.9 Å². The summed E-state index contributed by atoms with van der Waals surface area (Å²) in [6.45, 7) is 6.40. The van der Waals surface area contributed by atoms with Crippen molar-refractivity contribution in [2.45, 2.75) is 83.1 Å². The summed E-state index contributed by atoms with van der Waals surface area (Å²) in [5.41, 5.74) is 8.11. The van der Waals surface area contributed by atoms with Crippen LogP contribution in [0, 0.1) is 28.6 Å². The molecule has 4 saturated carbocycles. The highest BCUT2D eigenvalue weighted by Gasteiger charge is 2.63. The first kappa shape index (κ1) is 22.7. The Hall–Kier alpha value is -1.07. The van der Waals surface area contributed by atoms with E-state index < -0.39 is 6.43 Å². The maximum absolute atomic E-state index is 13.1. The summed E-state index contributed by atoms with van der Waals surface area (Å²) in [6.07, 6.45) is 5.10. The van der Waals surface area contributed by atoms with E-state index in [0.717, 1.165) is 56.6 Å². The van der Waals surface area contributed by atoms with E-state index in [0.29, 0.717) is 24.2 Å². The zero-order chi connectivity index (χ0) is 22.7. The summed E-state index contributed by atoms with van der Waals surface area (Å²) in [4.78, 5) is 3.62. The first-order chi connectivity index (χ1) is 15.1. The Morgan fingerprint density at radius 3 is 2.38 bits per heavy atom. The van der Waals surface area contributed by atoms with Crippen molar-refractivity contribution in [1.82, 2.24) is 4.90 Å². The van der Waals surface area contributed by atoms with Gasteiger partial charge in [-0.25, -0.2) is 8.78 Å². The number of hydrogen-bond acceptors (Lipinski definition) is 2. The van der Waals surface area contributed by atoms with Gasteiger partial charge in [0.2, 0.25) is 6.43 Å². The SMILES string of the molecule is CC1(C)CN(C(=S)C23CC4CC(c5ccccc5)(CC(C2)C4CCC(F)F)C3)CC[C@@H]1N. The summed E-state index contributed by atoms with van der Waals surface area (Å²) >= 11 is 6.32. The number of rotatable bonds is 5. The van der Waals surface area contributed by atoms with Crippen LogP contribution in [0.1, 0.15) is 70.8 Å². The fraction of sp³-hybridized carbons (Fsp3) is 0.741. The maximum atomic E-state index is 13.1. The molecule has 0 aromatic heterocycles. The molecule has 5 heteroatoms. The van der Waals surface area contributed by atoms with E-state index in [1.54, 1.807) is 0 Å². The van der Waals surface area contributed by atoms with Crippen molar-refractivity contribution < 1.29 is 8.78 Å². The average Bonchev–Trinajstić information content (AvgIpc) is 2.74. The number of halogens is 2. The van der Waals surface area contributed by atoms with Gasteiger partial charge in [0.05, 0.1) is 4.99 Å². The van der Waals surface area contributed by atoms with Crippen molar-refractivity contribution in [3.63, 3.8) is 0 Å². The molecular weight excluding hydrogens is 422 g/mol. The second-order valence-electron chi connectivity index (χ2n) is 12.2. The molecule has 1 saturated heterocycles. The Balaban J connectivity index is 1.46. The Labute approximate surface area is 197 Å². The van der Waals surface area contributed by atoms with Gasteiger partial charge in [-0.3, -0.25) is 0 Å². The smallest absolute Gasteiger partial charge is 0.238 e. The van der Waals surface area contributed by atoms with Gasteiger partial charge < -0.3 is 10.6 Å². The van der Waals surface area contributed by atoms with E-state index in [1.807, 2.05) is 0 Å².